The number of nitrogens with one attached hydrogen (secondary N) is 1. The highest BCUT2D eigenvalue weighted by Crippen LogP contribution is 2.22. The smallest absolute Gasteiger partial charge is 0.243 e. The van der Waals surface area contributed by atoms with Crippen LogP contribution in [0.3, 0.4) is 0 Å². The van der Waals surface area contributed by atoms with E-state index in [9.17, 15) is 9.59 Å². The largest absolute Gasteiger partial charge is 0.350 e. The van der Waals surface area contributed by atoms with Gasteiger partial charge in [0.1, 0.15) is 6.04 Å². The van der Waals surface area contributed by atoms with Crippen molar-refractivity contribution >= 4 is 35.2 Å². The average molecular weight is 461 g/mol. The van der Waals surface area contributed by atoms with Gasteiger partial charge in [0.15, 0.2) is 0 Å². The summed E-state index contributed by atoms with van der Waals surface area (Å²) in [5.41, 5.74) is 2.80. The lowest BCUT2D eigenvalue weighted by Gasteiger charge is -2.33. The molecule has 31 heavy (non-hydrogen) atoms. The number of carbonyl (C=O) groups excluding carboxylic acids is 2. The molecule has 0 unspecified atom stereocenters. The highest BCUT2D eigenvalue weighted by atomic mass is 35.5. The highest BCUT2D eigenvalue weighted by Gasteiger charge is 2.30. The molecule has 0 radical (unpaired) electrons. The SMILES string of the molecule is CC[C@@H](C(=O)NC(C)(C)C)N(Cc1ccccc1C)C(=O)CSCc1ccccc1Cl. The topological polar surface area (TPSA) is 49.4 Å². The Morgan fingerprint density at radius 2 is 1.68 bits per heavy atom. The second kappa shape index (κ2) is 11.6. The Labute approximate surface area is 195 Å². The van der Waals surface area contributed by atoms with Gasteiger partial charge in [-0.05, 0) is 56.9 Å². The maximum Gasteiger partial charge on any atom is 0.243 e. The van der Waals surface area contributed by atoms with Gasteiger partial charge >= 0.3 is 0 Å². The third kappa shape index (κ3) is 7.89. The van der Waals surface area contributed by atoms with Gasteiger partial charge in [-0.25, -0.2) is 0 Å². The first kappa shape index (κ1) is 25.3. The summed E-state index contributed by atoms with van der Waals surface area (Å²) in [4.78, 5) is 28.0. The number of hydrogen-bond acceptors (Lipinski definition) is 3. The molecule has 2 rings (SSSR count). The molecule has 0 saturated carbocycles. The van der Waals surface area contributed by atoms with Crippen LogP contribution in [0.1, 0.15) is 50.8 Å². The molecular weight excluding hydrogens is 428 g/mol. The van der Waals surface area contributed by atoms with Gasteiger partial charge in [0, 0.05) is 22.9 Å². The molecule has 1 N–H and O–H groups in total. The molecular formula is C25H33ClN2O2S. The number of benzene rings is 2. The first-order valence-electron chi connectivity index (χ1n) is 10.6. The van der Waals surface area contributed by atoms with Gasteiger partial charge in [0.2, 0.25) is 11.8 Å². The second-order valence-electron chi connectivity index (χ2n) is 8.70. The molecule has 1 atom stereocenters. The van der Waals surface area contributed by atoms with Crippen molar-refractivity contribution in [3.63, 3.8) is 0 Å². The molecule has 0 spiro atoms. The van der Waals surface area contributed by atoms with Crippen molar-refractivity contribution in [1.29, 1.82) is 0 Å². The van der Waals surface area contributed by atoms with Crippen molar-refractivity contribution in [2.24, 2.45) is 0 Å². The third-order valence-corrected chi connectivity index (χ3v) is 6.26. The molecule has 4 nitrogen and oxygen atoms in total. The summed E-state index contributed by atoms with van der Waals surface area (Å²) in [6, 6.07) is 15.1. The van der Waals surface area contributed by atoms with Crippen LogP contribution in [0.2, 0.25) is 5.02 Å². The number of thioether (sulfide) groups is 1. The number of halogens is 1. The molecule has 0 heterocycles. The second-order valence-corrected chi connectivity index (χ2v) is 10.1. The lowest BCUT2D eigenvalue weighted by Crippen LogP contribution is -2.53. The minimum absolute atomic E-state index is 0.0452. The Morgan fingerprint density at radius 1 is 1.06 bits per heavy atom. The Morgan fingerprint density at radius 3 is 2.26 bits per heavy atom. The monoisotopic (exact) mass is 460 g/mol. The number of carbonyl (C=O) groups is 2. The van der Waals surface area contributed by atoms with Crippen molar-refractivity contribution in [2.75, 3.05) is 5.75 Å². The van der Waals surface area contributed by atoms with Gasteiger partial charge in [-0.15, -0.1) is 11.8 Å². The lowest BCUT2D eigenvalue weighted by atomic mass is 10.0. The summed E-state index contributed by atoms with van der Waals surface area (Å²) in [7, 11) is 0. The molecule has 0 bridgehead atoms. The van der Waals surface area contributed by atoms with E-state index in [1.807, 2.05) is 83.1 Å². The van der Waals surface area contributed by atoms with E-state index in [1.54, 1.807) is 4.90 Å². The van der Waals surface area contributed by atoms with Crippen LogP contribution in [0.4, 0.5) is 0 Å². The zero-order valence-corrected chi connectivity index (χ0v) is 20.6. The molecule has 2 aromatic carbocycles. The lowest BCUT2D eigenvalue weighted by molar-refractivity contribution is -0.140. The Hall–Kier alpha value is -1.98. The fourth-order valence-corrected chi connectivity index (χ4v) is 4.49. The molecule has 2 aromatic rings. The Bertz CT molecular complexity index is 895. The number of rotatable bonds is 9. The van der Waals surface area contributed by atoms with Crippen LogP contribution in [0.5, 0.6) is 0 Å². The van der Waals surface area contributed by atoms with E-state index >= 15 is 0 Å². The van der Waals surface area contributed by atoms with Crippen molar-refractivity contribution < 1.29 is 9.59 Å². The van der Waals surface area contributed by atoms with E-state index in [1.165, 1.54) is 11.8 Å². The molecule has 0 fully saturated rings. The zero-order valence-electron chi connectivity index (χ0n) is 19.1. The van der Waals surface area contributed by atoms with E-state index in [2.05, 4.69) is 5.32 Å². The van der Waals surface area contributed by atoms with Gasteiger partial charge in [0.05, 0.1) is 5.75 Å². The predicted octanol–water partition coefficient (Wildman–Crippen LogP) is 5.60. The number of amides is 2. The van der Waals surface area contributed by atoms with Crippen molar-refractivity contribution in [3.05, 3.63) is 70.2 Å². The molecule has 0 aliphatic rings. The van der Waals surface area contributed by atoms with Crippen LogP contribution in [0.15, 0.2) is 48.5 Å². The fourth-order valence-electron chi connectivity index (χ4n) is 3.29. The molecule has 2 amide bonds. The summed E-state index contributed by atoms with van der Waals surface area (Å²) in [5.74, 6) is 0.773. The van der Waals surface area contributed by atoms with E-state index < -0.39 is 6.04 Å². The van der Waals surface area contributed by atoms with Crippen LogP contribution in [0.25, 0.3) is 0 Å². The van der Waals surface area contributed by atoms with Gasteiger partial charge in [-0.1, -0.05) is 61.0 Å². The van der Waals surface area contributed by atoms with Crippen LogP contribution in [-0.2, 0) is 21.9 Å². The minimum atomic E-state index is -0.521. The molecule has 0 aliphatic carbocycles. The third-order valence-electron chi connectivity index (χ3n) is 4.93. The van der Waals surface area contributed by atoms with E-state index in [0.29, 0.717) is 23.7 Å². The minimum Gasteiger partial charge on any atom is -0.350 e. The van der Waals surface area contributed by atoms with Crippen molar-refractivity contribution in [3.8, 4) is 0 Å². The van der Waals surface area contributed by atoms with E-state index in [-0.39, 0.29) is 23.1 Å². The van der Waals surface area contributed by atoms with Gasteiger partial charge in [-0.3, -0.25) is 9.59 Å². The summed E-state index contributed by atoms with van der Waals surface area (Å²) in [5, 5.41) is 3.74. The van der Waals surface area contributed by atoms with Gasteiger partial charge in [0.25, 0.3) is 0 Å². The van der Waals surface area contributed by atoms with Crippen molar-refractivity contribution in [1.82, 2.24) is 10.2 Å². The molecule has 0 aromatic heterocycles. The van der Waals surface area contributed by atoms with E-state index in [4.69, 9.17) is 11.6 Å². The molecule has 6 heteroatoms. The van der Waals surface area contributed by atoms with Crippen LogP contribution in [-0.4, -0.2) is 34.0 Å². The zero-order chi connectivity index (χ0) is 23.0. The average Bonchev–Trinajstić information content (AvgIpc) is 2.69. The maximum absolute atomic E-state index is 13.3. The normalized spacial score (nSPS) is 12.3. The Balaban J connectivity index is 2.19. The summed E-state index contributed by atoms with van der Waals surface area (Å²) >= 11 is 7.76. The summed E-state index contributed by atoms with van der Waals surface area (Å²) in [6.45, 7) is 10.2. The van der Waals surface area contributed by atoms with Crippen molar-refractivity contribution in [2.45, 2.75) is 64.9 Å². The van der Waals surface area contributed by atoms with Gasteiger partial charge in [-0.2, -0.15) is 0 Å². The number of hydrogen-bond donors (Lipinski definition) is 1. The summed E-state index contributed by atoms with van der Waals surface area (Å²) in [6.07, 6.45) is 0.550. The Kier molecular flexibility index (Phi) is 9.45. The summed E-state index contributed by atoms with van der Waals surface area (Å²) < 4.78 is 0. The number of aryl methyl sites for hydroxylation is 1. The van der Waals surface area contributed by atoms with Gasteiger partial charge < -0.3 is 10.2 Å². The number of nitrogens with zero attached hydrogens (tertiary/aromatic N) is 1. The predicted molar refractivity (Wildman–Crippen MR) is 131 cm³/mol. The maximum atomic E-state index is 13.3. The van der Waals surface area contributed by atoms with Crippen LogP contribution < -0.4 is 5.32 Å². The standard InChI is InChI=1S/C25H33ClN2O2S/c1-6-22(24(30)27-25(3,4)5)28(15-19-12-8-7-11-18(19)2)23(29)17-31-16-20-13-9-10-14-21(20)26/h7-14,22H,6,15-17H2,1-5H3,(H,27,30)/t22-/m0/s1. The first-order valence-corrected chi connectivity index (χ1v) is 12.1. The quantitative estimate of drug-likeness (QED) is 0.529. The molecule has 0 saturated heterocycles. The highest BCUT2D eigenvalue weighted by molar-refractivity contribution is 7.99. The van der Waals surface area contributed by atoms with E-state index in [0.717, 1.165) is 16.7 Å². The fraction of sp³-hybridized carbons (Fsp3) is 0.440. The van der Waals surface area contributed by atoms with Crippen LogP contribution >= 0.6 is 23.4 Å². The van der Waals surface area contributed by atoms with Crippen LogP contribution in [0, 0.1) is 6.92 Å². The molecule has 168 valence electrons. The molecule has 0 aliphatic heterocycles. The first-order chi connectivity index (χ1) is 14.6.